The number of pyridine rings is 1. The fraction of sp³-hybridized carbons (Fsp3) is 0.545. The molecule has 0 bridgehead atoms. The van der Waals surface area contributed by atoms with Gasteiger partial charge in [0.2, 0.25) is 0 Å². The van der Waals surface area contributed by atoms with Gasteiger partial charge in [0.15, 0.2) is 0 Å². The van der Waals surface area contributed by atoms with Crippen molar-refractivity contribution >= 4 is 21.4 Å². The van der Waals surface area contributed by atoms with Crippen LogP contribution in [0.2, 0.25) is 5.02 Å². The summed E-state index contributed by atoms with van der Waals surface area (Å²) in [5, 5.41) is 3.98. The Kier molecular flexibility index (Phi) is 4.01. The van der Waals surface area contributed by atoms with Crippen molar-refractivity contribution in [1.29, 1.82) is 0 Å². The van der Waals surface area contributed by atoms with Gasteiger partial charge in [-0.3, -0.25) is 4.98 Å². The third-order valence-electron chi connectivity index (χ3n) is 2.99. The molecule has 6 heteroatoms. The van der Waals surface area contributed by atoms with Gasteiger partial charge >= 0.3 is 0 Å². The zero-order valence-electron chi connectivity index (χ0n) is 9.39. The molecular formula is C11H15ClN2O2S. The van der Waals surface area contributed by atoms with Crippen molar-refractivity contribution < 1.29 is 8.42 Å². The quantitative estimate of drug-likeness (QED) is 0.905. The van der Waals surface area contributed by atoms with E-state index in [2.05, 4.69) is 10.3 Å². The SMILES string of the molecule is O=S1(=O)CCC(NCc2ccncc2Cl)CC1. The molecule has 1 aromatic rings. The van der Waals surface area contributed by atoms with Crippen molar-refractivity contribution in [2.24, 2.45) is 0 Å². The number of rotatable bonds is 3. The number of hydrogen-bond acceptors (Lipinski definition) is 4. The van der Waals surface area contributed by atoms with Crippen LogP contribution in [0.3, 0.4) is 0 Å². The first-order chi connectivity index (χ1) is 8.07. The van der Waals surface area contributed by atoms with E-state index >= 15 is 0 Å². The van der Waals surface area contributed by atoms with Crippen LogP contribution in [-0.4, -0.2) is 30.9 Å². The number of sulfone groups is 1. The summed E-state index contributed by atoms with van der Waals surface area (Å²) in [5.41, 5.74) is 0.995. The van der Waals surface area contributed by atoms with Gasteiger partial charge in [-0.05, 0) is 24.5 Å². The van der Waals surface area contributed by atoms with Crippen molar-refractivity contribution in [3.8, 4) is 0 Å². The second kappa shape index (κ2) is 5.33. The molecule has 0 saturated carbocycles. The van der Waals surface area contributed by atoms with Gasteiger partial charge in [-0.25, -0.2) is 8.42 Å². The van der Waals surface area contributed by atoms with E-state index < -0.39 is 9.84 Å². The Morgan fingerprint density at radius 1 is 1.41 bits per heavy atom. The average molecular weight is 275 g/mol. The van der Waals surface area contributed by atoms with Gasteiger partial charge in [0, 0.05) is 25.0 Å². The lowest BCUT2D eigenvalue weighted by Gasteiger charge is -2.23. The standard InChI is InChI=1S/C11H15ClN2O2S/c12-11-8-13-4-1-9(11)7-14-10-2-5-17(15,16)6-3-10/h1,4,8,10,14H,2-3,5-7H2. The topological polar surface area (TPSA) is 59.1 Å². The summed E-state index contributed by atoms with van der Waals surface area (Å²) in [6, 6.07) is 2.14. The molecule has 94 valence electrons. The Morgan fingerprint density at radius 2 is 2.12 bits per heavy atom. The zero-order chi connectivity index (χ0) is 12.3. The van der Waals surface area contributed by atoms with Crippen LogP contribution in [0.25, 0.3) is 0 Å². The Labute approximate surface area is 106 Å². The first kappa shape index (κ1) is 12.8. The molecule has 0 aliphatic carbocycles. The second-order valence-corrected chi connectivity index (χ2v) is 6.98. The number of halogens is 1. The molecule has 4 nitrogen and oxygen atoms in total. The summed E-state index contributed by atoms with van der Waals surface area (Å²) < 4.78 is 22.5. The molecule has 1 N–H and O–H groups in total. The van der Waals surface area contributed by atoms with Crippen LogP contribution in [-0.2, 0) is 16.4 Å². The highest BCUT2D eigenvalue weighted by atomic mass is 35.5. The number of nitrogens with zero attached hydrogens (tertiary/aromatic N) is 1. The summed E-state index contributed by atoms with van der Waals surface area (Å²) >= 11 is 5.99. The normalized spacial score (nSPS) is 20.3. The number of nitrogens with one attached hydrogen (secondary N) is 1. The minimum Gasteiger partial charge on any atom is -0.310 e. The highest BCUT2D eigenvalue weighted by Crippen LogP contribution is 2.16. The molecule has 0 amide bonds. The highest BCUT2D eigenvalue weighted by molar-refractivity contribution is 7.91. The third-order valence-corrected chi connectivity index (χ3v) is 5.05. The average Bonchev–Trinajstić information content (AvgIpc) is 2.30. The molecule has 1 saturated heterocycles. The van der Waals surface area contributed by atoms with Crippen LogP contribution in [0, 0.1) is 0 Å². The monoisotopic (exact) mass is 274 g/mol. The van der Waals surface area contributed by atoms with Gasteiger partial charge in [0.05, 0.1) is 16.5 Å². The minimum atomic E-state index is -2.78. The maximum absolute atomic E-state index is 11.3. The van der Waals surface area contributed by atoms with E-state index in [0.29, 0.717) is 24.4 Å². The van der Waals surface area contributed by atoms with Crippen LogP contribution < -0.4 is 5.32 Å². The molecule has 1 aromatic heterocycles. The van der Waals surface area contributed by atoms with E-state index in [1.165, 1.54) is 0 Å². The maximum atomic E-state index is 11.3. The van der Waals surface area contributed by atoms with Crippen LogP contribution in [0.4, 0.5) is 0 Å². The summed E-state index contributed by atoms with van der Waals surface area (Å²) in [5.74, 6) is 0.573. The van der Waals surface area contributed by atoms with E-state index in [1.807, 2.05) is 6.07 Å². The number of hydrogen-bond donors (Lipinski definition) is 1. The summed E-state index contributed by atoms with van der Waals surface area (Å²) in [6.07, 6.45) is 4.69. The summed E-state index contributed by atoms with van der Waals surface area (Å²) in [4.78, 5) is 3.92. The lowest BCUT2D eigenvalue weighted by Crippen LogP contribution is -2.37. The smallest absolute Gasteiger partial charge is 0.150 e. The van der Waals surface area contributed by atoms with E-state index in [4.69, 9.17) is 11.6 Å². The van der Waals surface area contributed by atoms with E-state index in [0.717, 1.165) is 5.56 Å². The minimum absolute atomic E-state index is 0.266. The van der Waals surface area contributed by atoms with Gasteiger partial charge < -0.3 is 5.32 Å². The molecule has 1 fully saturated rings. The van der Waals surface area contributed by atoms with E-state index in [-0.39, 0.29) is 17.5 Å². The lowest BCUT2D eigenvalue weighted by atomic mass is 10.1. The predicted octanol–water partition coefficient (Wildman–Crippen LogP) is 1.40. The molecule has 0 unspecified atom stereocenters. The molecule has 0 atom stereocenters. The van der Waals surface area contributed by atoms with Gasteiger partial charge in [0.1, 0.15) is 9.84 Å². The van der Waals surface area contributed by atoms with Crippen LogP contribution in [0.1, 0.15) is 18.4 Å². The van der Waals surface area contributed by atoms with Crippen molar-refractivity contribution in [2.75, 3.05) is 11.5 Å². The first-order valence-corrected chi connectivity index (χ1v) is 7.79. The molecule has 2 heterocycles. The Balaban J connectivity index is 1.86. The Hall–Kier alpha value is -0.650. The van der Waals surface area contributed by atoms with Crippen LogP contribution in [0.5, 0.6) is 0 Å². The Morgan fingerprint density at radius 3 is 2.76 bits per heavy atom. The van der Waals surface area contributed by atoms with Crippen molar-refractivity contribution in [3.63, 3.8) is 0 Å². The van der Waals surface area contributed by atoms with Crippen molar-refractivity contribution in [3.05, 3.63) is 29.0 Å². The molecule has 1 aliphatic heterocycles. The predicted molar refractivity (Wildman–Crippen MR) is 67.8 cm³/mol. The van der Waals surface area contributed by atoms with E-state index in [9.17, 15) is 8.42 Å². The van der Waals surface area contributed by atoms with E-state index in [1.54, 1.807) is 12.4 Å². The fourth-order valence-electron chi connectivity index (χ4n) is 1.90. The molecule has 0 aromatic carbocycles. The van der Waals surface area contributed by atoms with Gasteiger partial charge in [-0.15, -0.1) is 0 Å². The van der Waals surface area contributed by atoms with Gasteiger partial charge in [-0.1, -0.05) is 11.6 Å². The van der Waals surface area contributed by atoms with Crippen molar-refractivity contribution in [2.45, 2.75) is 25.4 Å². The number of aromatic nitrogens is 1. The van der Waals surface area contributed by atoms with Gasteiger partial charge in [-0.2, -0.15) is 0 Å². The highest BCUT2D eigenvalue weighted by Gasteiger charge is 2.23. The molecule has 0 radical (unpaired) electrons. The largest absolute Gasteiger partial charge is 0.310 e. The van der Waals surface area contributed by atoms with Crippen LogP contribution >= 0.6 is 11.6 Å². The molecule has 0 spiro atoms. The van der Waals surface area contributed by atoms with Crippen molar-refractivity contribution in [1.82, 2.24) is 10.3 Å². The third kappa shape index (κ3) is 3.66. The molecule has 1 aliphatic rings. The maximum Gasteiger partial charge on any atom is 0.150 e. The molecule has 2 rings (SSSR count). The van der Waals surface area contributed by atoms with Gasteiger partial charge in [0.25, 0.3) is 0 Å². The Bertz CT molecular complexity index is 476. The lowest BCUT2D eigenvalue weighted by molar-refractivity contribution is 0.463. The summed E-state index contributed by atoms with van der Waals surface area (Å²) in [7, 11) is -2.78. The zero-order valence-corrected chi connectivity index (χ0v) is 11.0. The molecule has 17 heavy (non-hydrogen) atoms. The molecular weight excluding hydrogens is 260 g/mol. The second-order valence-electron chi connectivity index (χ2n) is 4.27. The first-order valence-electron chi connectivity index (χ1n) is 5.59. The fourth-order valence-corrected chi connectivity index (χ4v) is 3.57. The summed E-state index contributed by atoms with van der Waals surface area (Å²) in [6.45, 7) is 0.659. The van der Waals surface area contributed by atoms with Crippen LogP contribution in [0.15, 0.2) is 18.5 Å².